The molecule has 4 atom stereocenters. The highest BCUT2D eigenvalue weighted by atomic mass is 16.2. The minimum absolute atomic E-state index is 0.0668. The molecule has 3 rings (SSSR count). The van der Waals surface area contributed by atoms with Crippen molar-refractivity contribution in [1.29, 1.82) is 0 Å². The lowest BCUT2D eigenvalue weighted by Gasteiger charge is -2.44. The van der Waals surface area contributed by atoms with Crippen LogP contribution in [0.4, 0.5) is 0 Å². The van der Waals surface area contributed by atoms with Gasteiger partial charge in [0.05, 0.1) is 6.04 Å². The first-order valence-corrected chi connectivity index (χ1v) is 17.3. The Morgan fingerprint density at radius 3 is 2.02 bits per heavy atom. The summed E-state index contributed by atoms with van der Waals surface area (Å²) < 4.78 is 0. The molecule has 0 aliphatic carbocycles. The number of hydrogen-bond acceptors (Lipinski definition) is 6. The summed E-state index contributed by atoms with van der Waals surface area (Å²) in [7, 11) is 1.88. The van der Waals surface area contributed by atoms with Crippen LogP contribution in [0.1, 0.15) is 106 Å². The Balaban J connectivity index is 0.00000236. The van der Waals surface area contributed by atoms with Gasteiger partial charge in [0.2, 0.25) is 17.7 Å². The van der Waals surface area contributed by atoms with Gasteiger partial charge in [-0.15, -0.1) is 0 Å². The van der Waals surface area contributed by atoms with Gasteiger partial charge in [0.15, 0.2) is 0 Å². The van der Waals surface area contributed by atoms with Crippen molar-refractivity contribution in [3.05, 3.63) is 35.9 Å². The number of nitrogens with one attached hydrogen (secondary N) is 1. The Morgan fingerprint density at radius 1 is 0.935 bits per heavy atom. The average molecular weight is 641 g/mol. The first kappa shape index (κ1) is 39.1. The highest BCUT2D eigenvalue weighted by molar-refractivity contribution is 5.90. The molecule has 2 saturated heterocycles. The third-order valence-electron chi connectivity index (χ3n) is 10.1. The summed E-state index contributed by atoms with van der Waals surface area (Å²) in [6.45, 7) is 19.9. The predicted octanol–water partition coefficient (Wildman–Crippen LogP) is 5.29. The SMILES string of the molecule is CC[C@H](C(=O)N[C@H](C(=O)N(C)[C@H](CN1CCCC[C@H]1C(=O)N1CCCCC1)C(C)C)C(C)(C)C)C(C)(C)c1ccccc1.O=C=O. The summed E-state index contributed by atoms with van der Waals surface area (Å²) in [4.78, 5) is 64.4. The average Bonchev–Trinajstić information content (AvgIpc) is 3.02. The molecule has 1 aromatic carbocycles. The molecule has 0 saturated carbocycles. The van der Waals surface area contributed by atoms with Gasteiger partial charge in [-0.25, -0.2) is 0 Å². The van der Waals surface area contributed by atoms with E-state index in [9.17, 15) is 14.4 Å². The van der Waals surface area contributed by atoms with Crippen LogP contribution in [0.2, 0.25) is 0 Å². The van der Waals surface area contributed by atoms with E-state index in [2.05, 4.69) is 54.9 Å². The third kappa shape index (κ3) is 10.2. The topological polar surface area (TPSA) is 107 Å². The first-order valence-electron chi connectivity index (χ1n) is 17.3. The van der Waals surface area contributed by atoms with Gasteiger partial charge in [0, 0.05) is 44.1 Å². The Bertz CT molecular complexity index is 1150. The van der Waals surface area contributed by atoms with Gasteiger partial charge in [-0.2, -0.15) is 9.59 Å². The van der Waals surface area contributed by atoms with Crippen LogP contribution < -0.4 is 5.32 Å². The predicted molar refractivity (Wildman–Crippen MR) is 181 cm³/mol. The Hall–Kier alpha value is -3.03. The Labute approximate surface area is 277 Å². The second-order valence-electron chi connectivity index (χ2n) is 15.1. The van der Waals surface area contributed by atoms with Gasteiger partial charge in [0.25, 0.3) is 0 Å². The maximum atomic E-state index is 14.3. The smallest absolute Gasteiger partial charge is 0.344 e. The molecule has 2 heterocycles. The van der Waals surface area contributed by atoms with Crippen LogP contribution in [0, 0.1) is 17.3 Å². The van der Waals surface area contributed by atoms with Crippen LogP contribution in [-0.2, 0) is 29.4 Å². The number of hydrogen-bond donors (Lipinski definition) is 1. The van der Waals surface area contributed by atoms with Crippen molar-refractivity contribution in [2.45, 2.75) is 124 Å². The van der Waals surface area contributed by atoms with E-state index in [4.69, 9.17) is 9.59 Å². The van der Waals surface area contributed by atoms with Crippen molar-refractivity contribution in [3.63, 3.8) is 0 Å². The molecule has 2 aliphatic rings. The van der Waals surface area contributed by atoms with Crippen molar-refractivity contribution < 1.29 is 24.0 Å². The lowest BCUT2D eigenvalue weighted by atomic mass is 9.71. The standard InChI is InChI=1S/C36H60N4O3.CO2/c1-10-28(36(7,8)27-19-13-11-14-20-27)32(41)37-31(35(4,5)6)34(43)38(9)30(26(2)3)25-40-24-18-15-21-29(40)33(42)39-22-16-12-17-23-39;2-1-3/h11,13-14,19-20,26,28-31H,10,12,15-18,21-25H2,1-9H3,(H,37,41);/t28-,29+,30-,31-;/m1./s1. The number of nitrogens with zero attached hydrogens (tertiary/aromatic N) is 3. The molecule has 2 fully saturated rings. The van der Waals surface area contributed by atoms with Gasteiger partial charge in [0.1, 0.15) is 6.04 Å². The fraction of sp³-hybridized carbons (Fsp3) is 0.730. The van der Waals surface area contributed by atoms with Crippen molar-refractivity contribution >= 4 is 23.9 Å². The van der Waals surface area contributed by atoms with E-state index in [1.807, 2.05) is 57.8 Å². The van der Waals surface area contributed by atoms with Crippen LogP contribution in [0.15, 0.2) is 30.3 Å². The largest absolute Gasteiger partial charge is 0.373 e. The highest BCUT2D eigenvalue weighted by Crippen LogP contribution is 2.35. The number of carbonyl (C=O) groups is 3. The number of likely N-dealkylation sites (N-methyl/N-ethyl adjacent to an activating group) is 1. The summed E-state index contributed by atoms with van der Waals surface area (Å²) in [6.07, 6.45) is 7.32. The van der Waals surface area contributed by atoms with E-state index in [1.54, 1.807) is 0 Å². The number of rotatable bonds is 11. The maximum absolute atomic E-state index is 14.3. The lowest BCUT2D eigenvalue weighted by Crippen LogP contribution is -2.61. The maximum Gasteiger partial charge on any atom is 0.373 e. The van der Waals surface area contributed by atoms with Crippen molar-refractivity contribution in [2.24, 2.45) is 17.3 Å². The number of benzene rings is 1. The number of amides is 3. The zero-order valence-corrected chi connectivity index (χ0v) is 29.9. The van der Waals surface area contributed by atoms with Crippen LogP contribution in [-0.4, -0.2) is 89.9 Å². The van der Waals surface area contributed by atoms with Crippen LogP contribution in [0.25, 0.3) is 0 Å². The lowest BCUT2D eigenvalue weighted by molar-refractivity contribution is -0.191. The second-order valence-corrected chi connectivity index (χ2v) is 15.1. The molecule has 1 aromatic rings. The summed E-state index contributed by atoms with van der Waals surface area (Å²) in [5, 5.41) is 3.23. The molecule has 0 unspecified atom stereocenters. The Morgan fingerprint density at radius 2 is 1.50 bits per heavy atom. The van der Waals surface area contributed by atoms with Crippen molar-refractivity contribution in [2.75, 3.05) is 33.2 Å². The number of likely N-dealkylation sites (tertiary alicyclic amines) is 2. The Kier molecular flexibility index (Phi) is 15.1. The molecular weight excluding hydrogens is 580 g/mol. The monoisotopic (exact) mass is 640 g/mol. The van der Waals surface area contributed by atoms with E-state index in [0.717, 1.165) is 57.3 Å². The van der Waals surface area contributed by atoms with E-state index in [-0.39, 0.29) is 53.2 Å². The fourth-order valence-corrected chi connectivity index (χ4v) is 7.19. The second kappa shape index (κ2) is 17.8. The molecule has 0 aromatic heterocycles. The molecule has 2 aliphatic heterocycles. The summed E-state index contributed by atoms with van der Waals surface area (Å²) >= 11 is 0. The minimum atomic E-state index is -0.668. The fourth-order valence-electron chi connectivity index (χ4n) is 7.19. The normalized spacial score (nSPS) is 19.6. The molecule has 9 heteroatoms. The molecule has 46 heavy (non-hydrogen) atoms. The molecule has 9 nitrogen and oxygen atoms in total. The van der Waals surface area contributed by atoms with E-state index >= 15 is 0 Å². The van der Waals surface area contributed by atoms with Gasteiger partial charge in [-0.05, 0) is 62.0 Å². The zero-order valence-electron chi connectivity index (χ0n) is 29.9. The van der Waals surface area contributed by atoms with Gasteiger partial charge in [-0.3, -0.25) is 19.3 Å². The van der Waals surface area contributed by atoms with E-state index in [0.29, 0.717) is 13.0 Å². The van der Waals surface area contributed by atoms with Gasteiger partial charge < -0.3 is 15.1 Å². The van der Waals surface area contributed by atoms with E-state index in [1.165, 1.54) is 6.42 Å². The molecule has 0 bridgehead atoms. The number of piperidine rings is 2. The quantitative estimate of drug-likeness (QED) is 0.353. The minimum Gasteiger partial charge on any atom is -0.344 e. The van der Waals surface area contributed by atoms with Crippen molar-refractivity contribution in [1.82, 2.24) is 20.0 Å². The molecule has 0 radical (unpaired) electrons. The molecule has 1 N–H and O–H groups in total. The highest BCUT2D eigenvalue weighted by Gasteiger charge is 2.42. The molecule has 3 amide bonds. The van der Waals surface area contributed by atoms with Crippen LogP contribution in [0.5, 0.6) is 0 Å². The third-order valence-corrected chi connectivity index (χ3v) is 10.1. The van der Waals surface area contributed by atoms with Crippen LogP contribution >= 0.6 is 0 Å². The molecule has 0 spiro atoms. The first-order chi connectivity index (χ1) is 21.6. The zero-order chi connectivity index (χ0) is 34.7. The van der Waals surface area contributed by atoms with Crippen molar-refractivity contribution in [3.8, 4) is 0 Å². The van der Waals surface area contributed by atoms with Gasteiger partial charge in [-0.1, -0.05) is 92.1 Å². The van der Waals surface area contributed by atoms with Crippen LogP contribution in [0.3, 0.4) is 0 Å². The molecule has 258 valence electrons. The summed E-state index contributed by atoms with van der Waals surface area (Å²) in [5.74, 6) is 0.0274. The van der Waals surface area contributed by atoms with Gasteiger partial charge >= 0.3 is 6.15 Å². The van der Waals surface area contributed by atoms with E-state index < -0.39 is 11.5 Å². The molecular formula is C37H60N4O5. The summed E-state index contributed by atoms with van der Waals surface area (Å²) in [5.41, 5.74) is 0.250. The summed E-state index contributed by atoms with van der Waals surface area (Å²) in [6, 6.07) is 9.31. The number of carbonyl (C=O) groups excluding carboxylic acids is 5.